The topological polar surface area (TPSA) is 105 Å². The van der Waals surface area contributed by atoms with Crippen molar-refractivity contribution in [3.63, 3.8) is 0 Å². The Labute approximate surface area is 227 Å². The summed E-state index contributed by atoms with van der Waals surface area (Å²) in [6.07, 6.45) is 1.36. The first kappa shape index (κ1) is 28.9. The lowest BCUT2D eigenvalue weighted by Crippen LogP contribution is -2.47. The van der Waals surface area contributed by atoms with Gasteiger partial charge in [-0.3, -0.25) is 13.9 Å². The molecule has 2 aromatic carbocycles. The van der Waals surface area contributed by atoms with E-state index in [4.69, 9.17) is 32.7 Å². The van der Waals surface area contributed by atoms with Gasteiger partial charge in [0.05, 0.1) is 11.9 Å². The summed E-state index contributed by atoms with van der Waals surface area (Å²) in [4.78, 5) is 27.3. The summed E-state index contributed by atoms with van der Waals surface area (Å²) < 4.78 is 37.5. The van der Waals surface area contributed by atoms with Crippen LogP contribution in [0.25, 0.3) is 0 Å². The number of nitrogens with zero attached hydrogens (tertiary/aromatic N) is 2. The molecule has 1 aliphatic rings. The van der Waals surface area contributed by atoms with Gasteiger partial charge in [0.25, 0.3) is 0 Å². The molecule has 0 aliphatic carbocycles. The Hall–Kier alpha value is -2.69. The van der Waals surface area contributed by atoms with E-state index in [1.54, 1.807) is 50.2 Å². The van der Waals surface area contributed by atoms with Crippen LogP contribution < -0.4 is 19.1 Å². The van der Waals surface area contributed by atoms with Crippen LogP contribution in [0.1, 0.15) is 32.3 Å². The van der Waals surface area contributed by atoms with E-state index in [1.165, 1.54) is 9.21 Å². The zero-order valence-electron chi connectivity index (χ0n) is 21.0. The molecule has 202 valence electrons. The summed E-state index contributed by atoms with van der Waals surface area (Å²) in [5.74, 6) is 0.417. The van der Waals surface area contributed by atoms with E-state index in [-0.39, 0.29) is 37.7 Å². The van der Waals surface area contributed by atoms with Gasteiger partial charge in [-0.25, -0.2) is 8.42 Å². The summed E-state index contributed by atoms with van der Waals surface area (Å²) in [6, 6.07) is 9.12. The molecule has 0 fully saturated rings. The molecule has 37 heavy (non-hydrogen) atoms. The van der Waals surface area contributed by atoms with Crippen LogP contribution in [0.5, 0.6) is 11.5 Å². The van der Waals surface area contributed by atoms with E-state index < -0.39 is 16.1 Å². The zero-order chi connectivity index (χ0) is 27.2. The summed E-state index contributed by atoms with van der Waals surface area (Å²) in [7, 11) is -3.64. The van der Waals surface area contributed by atoms with Crippen molar-refractivity contribution < 1.29 is 27.5 Å². The number of likely N-dealkylation sites (N-methyl/N-ethyl adjacent to an activating group) is 1. The van der Waals surface area contributed by atoms with Gasteiger partial charge in [0, 0.05) is 42.2 Å². The molecule has 1 atom stereocenters. The molecule has 1 aliphatic heterocycles. The predicted octanol–water partition coefficient (Wildman–Crippen LogP) is 3.86. The third-order valence-corrected chi connectivity index (χ3v) is 7.62. The van der Waals surface area contributed by atoms with Crippen LogP contribution >= 0.6 is 23.2 Å². The molecular formula is C25H31Cl2N3O6S. The van der Waals surface area contributed by atoms with E-state index in [1.807, 2.05) is 0 Å². The van der Waals surface area contributed by atoms with Gasteiger partial charge in [0.2, 0.25) is 21.8 Å². The Kier molecular flexibility index (Phi) is 9.92. The van der Waals surface area contributed by atoms with Crippen molar-refractivity contribution in [2.24, 2.45) is 0 Å². The first-order valence-electron chi connectivity index (χ1n) is 11.9. The van der Waals surface area contributed by atoms with Crippen molar-refractivity contribution in [3.8, 4) is 11.5 Å². The maximum Gasteiger partial charge on any atom is 0.242 e. The number of fused-ring (bicyclic) bond motifs is 1. The molecule has 0 radical (unpaired) electrons. The van der Waals surface area contributed by atoms with E-state index in [9.17, 15) is 18.0 Å². The van der Waals surface area contributed by atoms with E-state index >= 15 is 0 Å². The molecule has 2 amide bonds. The molecule has 1 N–H and O–H groups in total. The van der Waals surface area contributed by atoms with E-state index in [0.717, 1.165) is 6.26 Å². The van der Waals surface area contributed by atoms with Crippen molar-refractivity contribution in [2.75, 3.05) is 36.9 Å². The molecule has 0 saturated heterocycles. The Bertz CT molecular complexity index is 1240. The Morgan fingerprint density at radius 3 is 2.43 bits per heavy atom. The molecule has 3 rings (SSSR count). The van der Waals surface area contributed by atoms with Gasteiger partial charge >= 0.3 is 0 Å². The predicted molar refractivity (Wildman–Crippen MR) is 144 cm³/mol. The number of carbonyl (C=O) groups excluding carboxylic acids is 2. The number of rotatable bonds is 11. The number of anilines is 1. The number of carbonyl (C=O) groups is 2. The van der Waals surface area contributed by atoms with Gasteiger partial charge in [-0.15, -0.1) is 0 Å². The quantitative estimate of drug-likeness (QED) is 0.439. The smallest absolute Gasteiger partial charge is 0.242 e. The lowest BCUT2D eigenvalue weighted by atomic mass is 10.1. The highest BCUT2D eigenvalue weighted by Gasteiger charge is 2.27. The fourth-order valence-corrected chi connectivity index (χ4v) is 5.35. The molecule has 0 aromatic heterocycles. The van der Waals surface area contributed by atoms with Gasteiger partial charge in [-0.05, 0) is 50.1 Å². The van der Waals surface area contributed by atoms with Gasteiger partial charge in [0.15, 0.2) is 11.5 Å². The van der Waals surface area contributed by atoms with E-state index in [0.29, 0.717) is 52.6 Å². The van der Waals surface area contributed by atoms with Crippen LogP contribution in [0, 0.1) is 0 Å². The minimum absolute atomic E-state index is 0.0194. The minimum Gasteiger partial charge on any atom is -0.486 e. The van der Waals surface area contributed by atoms with Crippen molar-refractivity contribution in [2.45, 2.75) is 39.3 Å². The second kappa shape index (κ2) is 12.7. The second-order valence-electron chi connectivity index (χ2n) is 8.59. The highest BCUT2D eigenvalue weighted by molar-refractivity contribution is 7.92. The molecule has 0 saturated carbocycles. The number of amides is 2. The number of benzene rings is 2. The molecule has 2 aromatic rings. The fraction of sp³-hybridized carbons (Fsp3) is 0.440. The van der Waals surface area contributed by atoms with Crippen LogP contribution in [-0.4, -0.2) is 63.7 Å². The summed E-state index contributed by atoms with van der Waals surface area (Å²) in [5, 5.41) is 3.58. The van der Waals surface area contributed by atoms with Crippen molar-refractivity contribution in [1.82, 2.24) is 10.2 Å². The van der Waals surface area contributed by atoms with Gasteiger partial charge in [-0.2, -0.15) is 0 Å². The SMILES string of the molecule is CCNC(=O)C(C)N(Cc1ccc(Cl)cc1Cl)C(=O)CCCN(c1ccc2c(c1)OCCO2)S(C)(=O)=O. The molecule has 9 nitrogen and oxygen atoms in total. The van der Waals surface area contributed by atoms with Crippen LogP contribution in [-0.2, 0) is 26.2 Å². The largest absolute Gasteiger partial charge is 0.486 e. The van der Waals surface area contributed by atoms with Crippen LogP contribution in [0.3, 0.4) is 0 Å². The number of nitrogens with one attached hydrogen (secondary N) is 1. The van der Waals surface area contributed by atoms with Crippen molar-refractivity contribution >= 4 is 50.7 Å². The first-order chi connectivity index (χ1) is 17.5. The molecule has 0 spiro atoms. The van der Waals surface area contributed by atoms with Crippen LogP contribution in [0.15, 0.2) is 36.4 Å². The highest BCUT2D eigenvalue weighted by Crippen LogP contribution is 2.35. The van der Waals surface area contributed by atoms with Crippen molar-refractivity contribution in [1.29, 1.82) is 0 Å². The zero-order valence-corrected chi connectivity index (χ0v) is 23.3. The minimum atomic E-state index is -3.64. The Morgan fingerprint density at radius 1 is 1.08 bits per heavy atom. The number of hydrogen-bond donors (Lipinski definition) is 1. The Morgan fingerprint density at radius 2 is 1.78 bits per heavy atom. The monoisotopic (exact) mass is 571 g/mol. The van der Waals surface area contributed by atoms with Crippen molar-refractivity contribution in [3.05, 3.63) is 52.0 Å². The third-order valence-electron chi connectivity index (χ3n) is 5.84. The molecule has 0 bridgehead atoms. The maximum atomic E-state index is 13.3. The lowest BCUT2D eigenvalue weighted by molar-refractivity contribution is -0.140. The van der Waals surface area contributed by atoms with Gasteiger partial charge < -0.3 is 19.7 Å². The number of ether oxygens (including phenoxy) is 2. The molecule has 1 heterocycles. The number of hydrogen-bond acceptors (Lipinski definition) is 6. The average molecular weight is 573 g/mol. The number of halogens is 2. The van der Waals surface area contributed by atoms with Crippen LogP contribution in [0.2, 0.25) is 10.0 Å². The first-order valence-corrected chi connectivity index (χ1v) is 14.5. The van der Waals surface area contributed by atoms with Crippen LogP contribution in [0.4, 0.5) is 5.69 Å². The van der Waals surface area contributed by atoms with Gasteiger partial charge in [-0.1, -0.05) is 29.3 Å². The molecular weight excluding hydrogens is 541 g/mol. The van der Waals surface area contributed by atoms with Gasteiger partial charge in [0.1, 0.15) is 19.3 Å². The fourth-order valence-electron chi connectivity index (χ4n) is 3.93. The average Bonchev–Trinajstić information content (AvgIpc) is 2.84. The summed E-state index contributed by atoms with van der Waals surface area (Å²) >= 11 is 12.3. The standard InChI is InChI=1S/C25H31Cl2N3O6S/c1-4-28-25(32)17(2)29(16-18-7-8-19(26)14-21(18)27)24(31)6-5-11-30(37(3,33)34)20-9-10-22-23(15-20)36-13-12-35-22/h7-10,14-15,17H,4-6,11-13,16H2,1-3H3,(H,28,32). The summed E-state index contributed by atoms with van der Waals surface area (Å²) in [5.41, 5.74) is 1.06. The highest BCUT2D eigenvalue weighted by atomic mass is 35.5. The third kappa shape index (κ3) is 7.66. The lowest BCUT2D eigenvalue weighted by Gasteiger charge is -2.30. The van der Waals surface area contributed by atoms with E-state index in [2.05, 4.69) is 5.32 Å². The normalized spacial score (nSPS) is 13.5. The summed E-state index contributed by atoms with van der Waals surface area (Å²) in [6.45, 7) is 4.83. The Balaban J connectivity index is 1.75. The second-order valence-corrected chi connectivity index (χ2v) is 11.3. The molecule has 1 unspecified atom stereocenters. The number of sulfonamides is 1. The molecule has 12 heteroatoms. The maximum absolute atomic E-state index is 13.3.